The minimum atomic E-state index is -4.37. The first-order chi connectivity index (χ1) is 48.1. The Morgan fingerprint density at radius 3 is 0.424 bits per heavy atom. The molecule has 0 aliphatic heterocycles. The molecule has 2 aromatic rings. The van der Waals surface area contributed by atoms with Crippen molar-refractivity contribution in [3.63, 3.8) is 0 Å². The van der Waals surface area contributed by atoms with E-state index in [4.69, 9.17) is 0 Å². The fraction of sp³-hybridized carbons (Fsp3) is 0.867. The van der Waals surface area contributed by atoms with E-state index >= 15 is 0 Å². The second-order valence-corrected chi connectivity index (χ2v) is 33.8. The topological polar surface area (TPSA) is 114 Å². The first-order valence-electron chi connectivity index (χ1n) is 44.2. The molecule has 0 aliphatic rings. The molecule has 0 bridgehead atoms. The maximum absolute atomic E-state index is 11.4. The molecule has 0 atom stereocenters. The smallest absolute Gasteiger partial charge is 0.744 e. The van der Waals surface area contributed by atoms with Crippen LogP contribution in [0.5, 0.6) is 0 Å². The Bertz CT molecular complexity index is 1980. The van der Waals surface area contributed by atoms with Gasteiger partial charge in [-0.25, -0.2) is 16.8 Å². The van der Waals surface area contributed by atoms with Gasteiger partial charge in [-0.3, -0.25) is 0 Å². The number of benzene rings is 2. The Morgan fingerprint density at radius 2 is 0.303 bits per heavy atom. The van der Waals surface area contributed by atoms with E-state index in [0.717, 1.165) is 25.7 Å². The zero-order chi connectivity index (χ0) is 70.7. The molecule has 99 heavy (non-hydrogen) atoms. The molecule has 0 spiro atoms. The monoisotopic (exact) mass is 1550 g/mol. The van der Waals surface area contributed by atoms with Crippen LogP contribution in [0.25, 0.3) is 0 Å². The first kappa shape index (κ1) is 98.8. The molecule has 0 amide bonds. The van der Waals surface area contributed by atoms with Crippen molar-refractivity contribution in [2.24, 2.45) is 0 Å². The summed E-state index contributed by atoms with van der Waals surface area (Å²) in [4.78, 5) is -0.0807. The first-order valence-corrected chi connectivity index (χ1v) is 47.0. The van der Waals surface area contributed by atoms with E-state index in [9.17, 15) is 25.9 Å². The predicted molar refractivity (Wildman–Crippen MR) is 435 cm³/mol. The molecule has 0 aliphatic carbocycles. The molecule has 576 valence electrons. The van der Waals surface area contributed by atoms with Crippen molar-refractivity contribution in [1.29, 1.82) is 0 Å². The van der Waals surface area contributed by atoms with Gasteiger partial charge in [0.25, 0.3) is 0 Å². The molecule has 0 fully saturated rings. The van der Waals surface area contributed by atoms with Crippen LogP contribution < -0.4 is 0 Å². The van der Waals surface area contributed by atoms with Crippen molar-refractivity contribution in [2.45, 2.75) is 512 Å². The molecular weight excluding hydrogens is 1380 g/mol. The van der Waals surface area contributed by atoms with Crippen molar-refractivity contribution in [2.75, 3.05) is 0 Å². The molecular formula is C90H166BaO6S2. The standard InChI is InChI=1S/2C45H84O3S.Ba/c2*1-2-3-4-5-6-7-8-9-10-11-12-13-14-15-16-17-18-19-20-21-22-23-24-25-26-27-28-29-30-31-32-33-34-35-36-37-38-41-44-42-39-40-43-45(44)49(46,47)48;/h2*39-40,42-43H,2-38,41H2,1H3,(H,46,47,48);/q;;+2/p-2. The largest absolute Gasteiger partial charge is 2.00 e. The summed E-state index contributed by atoms with van der Waals surface area (Å²) in [6.07, 6.45) is 106. The van der Waals surface area contributed by atoms with Gasteiger partial charge in [0, 0.05) is 0 Å². The van der Waals surface area contributed by atoms with Crippen LogP contribution in [0.3, 0.4) is 0 Å². The Kier molecular flexibility index (Phi) is 78.8. The van der Waals surface area contributed by atoms with Crippen LogP contribution in [0.2, 0.25) is 0 Å². The maximum Gasteiger partial charge on any atom is 2.00 e. The summed E-state index contributed by atoms with van der Waals surface area (Å²) in [5.41, 5.74) is 1.35. The van der Waals surface area contributed by atoms with E-state index in [1.54, 1.807) is 24.3 Å². The van der Waals surface area contributed by atoms with Crippen molar-refractivity contribution >= 4 is 69.1 Å². The van der Waals surface area contributed by atoms with Gasteiger partial charge in [-0.1, -0.05) is 513 Å². The summed E-state index contributed by atoms with van der Waals surface area (Å²) in [5, 5.41) is 0. The van der Waals surface area contributed by atoms with Crippen LogP contribution >= 0.6 is 0 Å². The van der Waals surface area contributed by atoms with Crippen LogP contribution in [-0.4, -0.2) is 74.8 Å². The summed E-state index contributed by atoms with van der Waals surface area (Å²) in [7, 11) is -8.74. The minimum Gasteiger partial charge on any atom is -0.744 e. The average Bonchev–Trinajstić information content (AvgIpc) is 0.872. The molecule has 0 saturated carbocycles. The summed E-state index contributed by atoms with van der Waals surface area (Å²) < 4.78 is 68.3. The Morgan fingerprint density at radius 1 is 0.192 bits per heavy atom. The van der Waals surface area contributed by atoms with Crippen molar-refractivity contribution in [1.82, 2.24) is 0 Å². The molecule has 0 N–H and O–H groups in total. The summed E-state index contributed by atoms with van der Waals surface area (Å²) in [6.45, 7) is 4.61. The minimum absolute atomic E-state index is 0. The number of hydrogen-bond donors (Lipinski definition) is 0. The van der Waals surface area contributed by atoms with E-state index in [2.05, 4.69) is 13.8 Å². The molecule has 0 saturated heterocycles. The molecule has 2 aromatic carbocycles. The third-order valence-corrected chi connectivity index (χ3v) is 23.5. The molecule has 0 unspecified atom stereocenters. The van der Waals surface area contributed by atoms with Gasteiger partial charge in [0.15, 0.2) is 0 Å². The molecule has 0 radical (unpaired) electrons. The van der Waals surface area contributed by atoms with Gasteiger partial charge in [-0.15, -0.1) is 0 Å². The zero-order valence-corrected chi connectivity index (χ0v) is 72.4. The zero-order valence-electron chi connectivity index (χ0n) is 66.3. The van der Waals surface area contributed by atoms with Gasteiger partial charge in [-0.05, 0) is 48.9 Å². The molecule has 0 aromatic heterocycles. The summed E-state index contributed by atoms with van der Waals surface area (Å²) >= 11 is 0. The quantitative estimate of drug-likeness (QED) is 0.0370. The number of hydrogen-bond acceptors (Lipinski definition) is 6. The van der Waals surface area contributed by atoms with E-state index in [1.165, 1.54) is 462 Å². The fourth-order valence-electron chi connectivity index (χ4n) is 15.1. The van der Waals surface area contributed by atoms with Crippen molar-refractivity contribution in [3.05, 3.63) is 59.7 Å². The molecule has 2 rings (SSSR count). The number of rotatable bonds is 78. The van der Waals surface area contributed by atoms with Crippen molar-refractivity contribution in [3.8, 4) is 0 Å². The van der Waals surface area contributed by atoms with Crippen LogP contribution in [0.15, 0.2) is 58.3 Å². The van der Waals surface area contributed by atoms with Crippen LogP contribution in [0.4, 0.5) is 0 Å². The van der Waals surface area contributed by atoms with Gasteiger partial charge in [0.1, 0.15) is 20.2 Å². The van der Waals surface area contributed by atoms with Crippen LogP contribution in [0, 0.1) is 0 Å². The molecule has 0 heterocycles. The average molecular weight is 1550 g/mol. The summed E-state index contributed by atoms with van der Waals surface area (Å²) in [5.74, 6) is 0. The Balaban J connectivity index is 0.00000192. The second kappa shape index (κ2) is 78.9. The summed E-state index contributed by atoms with van der Waals surface area (Å²) in [6, 6.07) is 13.3. The molecule has 9 heteroatoms. The fourth-order valence-corrected chi connectivity index (χ4v) is 16.5. The van der Waals surface area contributed by atoms with Gasteiger partial charge < -0.3 is 9.11 Å². The third-order valence-electron chi connectivity index (χ3n) is 21.6. The van der Waals surface area contributed by atoms with Crippen molar-refractivity contribution < 1.29 is 25.9 Å². The van der Waals surface area contributed by atoms with E-state index in [1.807, 2.05) is 12.1 Å². The van der Waals surface area contributed by atoms with Gasteiger partial charge in [0.05, 0.1) is 9.79 Å². The normalized spacial score (nSPS) is 11.8. The predicted octanol–water partition coefficient (Wildman–Crippen LogP) is 30.8. The van der Waals surface area contributed by atoms with Gasteiger partial charge >= 0.3 is 48.9 Å². The SMILES string of the molecule is CCCCCCCCCCCCCCCCCCCCCCCCCCCCCCCCCCCCCCCc1ccccc1S(=O)(=O)[O-].CCCCCCCCCCCCCCCCCCCCCCCCCCCCCCCCCCCCCCCc1ccccc1S(=O)(=O)[O-].[Ba+2]. The van der Waals surface area contributed by atoms with Crippen LogP contribution in [-0.2, 0) is 33.1 Å². The van der Waals surface area contributed by atoms with Crippen LogP contribution in [0.1, 0.15) is 500 Å². The Hall–Kier alpha value is -0.169. The van der Waals surface area contributed by atoms with Gasteiger partial charge in [-0.2, -0.15) is 0 Å². The Labute approximate surface area is 660 Å². The van der Waals surface area contributed by atoms with E-state index in [0.29, 0.717) is 24.0 Å². The van der Waals surface area contributed by atoms with E-state index in [-0.39, 0.29) is 58.7 Å². The van der Waals surface area contributed by atoms with Gasteiger partial charge in [0.2, 0.25) is 0 Å². The second-order valence-electron chi connectivity index (χ2n) is 31.1. The third kappa shape index (κ3) is 71.8. The number of unbranched alkanes of at least 4 members (excludes halogenated alkanes) is 72. The molecule has 6 nitrogen and oxygen atoms in total. The van der Waals surface area contributed by atoms with E-state index < -0.39 is 20.2 Å². The number of aryl methyl sites for hydroxylation is 2. The maximum atomic E-state index is 11.4.